The van der Waals surface area contributed by atoms with Gasteiger partial charge in [-0.15, -0.1) is 0 Å². The van der Waals surface area contributed by atoms with Crippen LogP contribution in [0.2, 0.25) is 0 Å². The van der Waals surface area contributed by atoms with Crippen LogP contribution in [0.25, 0.3) is 0 Å². The summed E-state index contributed by atoms with van der Waals surface area (Å²) in [5.41, 5.74) is 6.30. The van der Waals surface area contributed by atoms with Gasteiger partial charge in [-0.2, -0.15) is 5.10 Å². The van der Waals surface area contributed by atoms with Crippen molar-refractivity contribution in [2.75, 3.05) is 0 Å². The number of nitrogens with zero attached hydrogens (tertiary/aromatic N) is 3. The van der Waals surface area contributed by atoms with Crippen molar-refractivity contribution in [2.45, 2.75) is 11.4 Å². The number of hydrogen-bond donors (Lipinski definition) is 2. The van der Waals surface area contributed by atoms with Crippen LogP contribution in [0.4, 0.5) is 0 Å². The van der Waals surface area contributed by atoms with Gasteiger partial charge in [0.05, 0.1) is 12.2 Å². The maximum absolute atomic E-state index is 12.3. The Bertz CT molecular complexity index is 739. The highest BCUT2D eigenvalue weighted by molar-refractivity contribution is 7.89. The van der Waals surface area contributed by atoms with Crippen molar-refractivity contribution in [2.24, 2.45) is 12.8 Å². The average Bonchev–Trinajstić information content (AvgIpc) is 2.82. The Morgan fingerprint density at radius 2 is 2.20 bits per heavy atom. The number of aromatic nitrogens is 3. The van der Waals surface area contributed by atoms with E-state index in [4.69, 9.17) is 18.0 Å². The molecule has 0 bridgehead atoms. The van der Waals surface area contributed by atoms with Gasteiger partial charge in [-0.25, -0.2) is 13.1 Å². The van der Waals surface area contributed by atoms with E-state index < -0.39 is 10.0 Å². The molecular formula is C11H13N5O2S2. The number of pyridine rings is 1. The van der Waals surface area contributed by atoms with Gasteiger partial charge in [-0.05, 0) is 18.2 Å². The normalized spacial score (nSPS) is 11.4. The number of hydrogen-bond acceptors (Lipinski definition) is 5. The molecule has 0 saturated carbocycles. The first-order chi connectivity index (χ1) is 9.42. The van der Waals surface area contributed by atoms with Crippen LogP contribution < -0.4 is 10.5 Å². The predicted molar refractivity (Wildman–Crippen MR) is 77.4 cm³/mol. The Hall–Kier alpha value is -1.84. The van der Waals surface area contributed by atoms with Gasteiger partial charge >= 0.3 is 0 Å². The summed E-state index contributed by atoms with van der Waals surface area (Å²) in [6.45, 7) is 0.116. The van der Waals surface area contributed by atoms with E-state index >= 15 is 0 Å². The van der Waals surface area contributed by atoms with E-state index in [0.717, 1.165) is 5.69 Å². The van der Waals surface area contributed by atoms with Crippen molar-refractivity contribution in [3.05, 3.63) is 42.0 Å². The van der Waals surface area contributed by atoms with Gasteiger partial charge in [0, 0.05) is 19.4 Å². The van der Waals surface area contributed by atoms with Crippen LogP contribution in [0.5, 0.6) is 0 Å². The molecule has 0 atom stereocenters. The molecule has 2 aromatic heterocycles. The lowest BCUT2D eigenvalue weighted by Crippen LogP contribution is -2.27. The van der Waals surface area contributed by atoms with Crippen LogP contribution in [-0.4, -0.2) is 28.2 Å². The molecule has 2 rings (SSSR count). The van der Waals surface area contributed by atoms with Crippen molar-refractivity contribution in [3.8, 4) is 0 Å². The summed E-state index contributed by atoms with van der Waals surface area (Å²) in [6, 6.07) is 4.65. The minimum absolute atomic E-state index is 0.0327. The maximum Gasteiger partial charge on any atom is 0.243 e. The summed E-state index contributed by atoms with van der Waals surface area (Å²) in [5.74, 6) is 0. The lowest BCUT2D eigenvalue weighted by molar-refractivity contribution is 0.576. The third-order valence-corrected chi connectivity index (χ3v) is 4.29. The molecule has 0 fully saturated rings. The van der Waals surface area contributed by atoms with Gasteiger partial charge in [-0.1, -0.05) is 12.2 Å². The number of thiocarbonyl (C=S) groups is 1. The standard InChI is InChI=1S/C11H13N5O2S2/c1-16-8(4-6-14-16)7-15-20(17,18)9-3-2-5-13-10(9)11(12)19/h2-6,15H,7H2,1H3,(H2,12,19). The van der Waals surface area contributed by atoms with E-state index in [-0.39, 0.29) is 22.1 Å². The molecule has 3 N–H and O–H groups in total. The summed E-state index contributed by atoms with van der Waals surface area (Å²) in [4.78, 5) is 3.81. The number of aryl methyl sites for hydroxylation is 1. The summed E-state index contributed by atoms with van der Waals surface area (Å²) in [5, 5.41) is 3.96. The van der Waals surface area contributed by atoms with Crippen molar-refractivity contribution in [3.63, 3.8) is 0 Å². The van der Waals surface area contributed by atoms with Crippen molar-refractivity contribution >= 4 is 27.2 Å². The van der Waals surface area contributed by atoms with Gasteiger partial charge in [-0.3, -0.25) is 9.67 Å². The molecule has 2 heterocycles. The fraction of sp³-hybridized carbons (Fsp3) is 0.182. The molecule has 0 aliphatic heterocycles. The van der Waals surface area contributed by atoms with Crippen molar-refractivity contribution in [1.29, 1.82) is 0 Å². The number of sulfonamides is 1. The second-order valence-electron chi connectivity index (χ2n) is 3.99. The second-order valence-corrected chi connectivity index (χ2v) is 6.16. The highest BCUT2D eigenvalue weighted by Crippen LogP contribution is 2.13. The monoisotopic (exact) mass is 311 g/mol. The first kappa shape index (κ1) is 14.6. The minimum atomic E-state index is -3.75. The zero-order valence-electron chi connectivity index (χ0n) is 10.6. The average molecular weight is 311 g/mol. The molecule has 0 saturated heterocycles. The van der Waals surface area contributed by atoms with Crippen LogP contribution in [0.1, 0.15) is 11.4 Å². The first-order valence-corrected chi connectivity index (χ1v) is 7.52. The van der Waals surface area contributed by atoms with E-state index in [1.807, 2.05) is 0 Å². The predicted octanol–water partition coefficient (Wildman–Crippen LogP) is -0.0722. The fourth-order valence-corrected chi connectivity index (χ4v) is 3.01. The van der Waals surface area contributed by atoms with E-state index in [9.17, 15) is 8.42 Å². The van der Waals surface area contributed by atoms with Crippen molar-refractivity contribution < 1.29 is 8.42 Å². The molecule has 106 valence electrons. The summed E-state index contributed by atoms with van der Waals surface area (Å²) >= 11 is 4.81. The molecule has 0 aromatic carbocycles. The van der Waals surface area contributed by atoms with E-state index in [1.165, 1.54) is 18.3 Å². The minimum Gasteiger partial charge on any atom is -0.388 e. The van der Waals surface area contributed by atoms with E-state index in [1.54, 1.807) is 24.0 Å². The summed E-state index contributed by atoms with van der Waals surface area (Å²) in [6.07, 6.45) is 3.03. The largest absolute Gasteiger partial charge is 0.388 e. The lowest BCUT2D eigenvalue weighted by atomic mass is 10.3. The molecule has 0 aliphatic rings. The molecule has 7 nitrogen and oxygen atoms in total. The Balaban J connectivity index is 2.27. The Labute approximate surface area is 121 Å². The fourth-order valence-electron chi connectivity index (χ4n) is 1.61. The third-order valence-electron chi connectivity index (χ3n) is 2.66. The number of nitrogens with one attached hydrogen (secondary N) is 1. The lowest BCUT2D eigenvalue weighted by Gasteiger charge is -2.09. The van der Waals surface area contributed by atoms with Gasteiger partial charge in [0.25, 0.3) is 0 Å². The van der Waals surface area contributed by atoms with E-state index in [2.05, 4.69) is 14.8 Å². The van der Waals surface area contributed by atoms with Gasteiger partial charge in [0.2, 0.25) is 10.0 Å². The number of rotatable bonds is 5. The quantitative estimate of drug-likeness (QED) is 0.749. The molecule has 0 spiro atoms. The highest BCUT2D eigenvalue weighted by atomic mass is 32.2. The second kappa shape index (κ2) is 5.65. The van der Waals surface area contributed by atoms with Gasteiger partial charge in [0.1, 0.15) is 15.6 Å². The third kappa shape index (κ3) is 3.00. The smallest absolute Gasteiger partial charge is 0.243 e. The molecule has 0 amide bonds. The highest BCUT2D eigenvalue weighted by Gasteiger charge is 2.20. The molecule has 0 radical (unpaired) electrons. The van der Waals surface area contributed by atoms with Crippen LogP contribution in [0.3, 0.4) is 0 Å². The molecule has 20 heavy (non-hydrogen) atoms. The van der Waals surface area contributed by atoms with Crippen LogP contribution in [0, 0.1) is 0 Å². The summed E-state index contributed by atoms with van der Waals surface area (Å²) in [7, 11) is -2.02. The Morgan fingerprint density at radius 1 is 1.45 bits per heavy atom. The van der Waals surface area contributed by atoms with E-state index in [0.29, 0.717) is 0 Å². The van der Waals surface area contributed by atoms with Gasteiger partial charge in [0.15, 0.2) is 0 Å². The first-order valence-electron chi connectivity index (χ1n) is 5.63. The van der Waals surface area contributed by atoms with Crippen LogP contribution in [0.15, 0.2) is 35.5 Å². The van der Waals surface area contributed by atoms with Gasteiger partial charge < -0.3 is 5.73 Å². The summed E-state index contributed by atoms with van der Waals surface area (Å²) < 4.78 is 28.6. The maximum atomic E-state index is 12.3. The van der Waals surface area contributed by atoms with Crippen LogP contribution in [-0.2, 0) is 23.6 Å². The number of nitrogens with two attached hydrogens (primary N) is 1. The van der Waals surface area contributed by atoms with Crippen molar-refractivity contribution in [1.82, 2.24) is 19.5 Å². The van der Waals surface area contributed by atoms with Crippen LogP contribution >= 0.6 is 12.2 Å². The molecule has 0 aliphatic carbocycles. The Kier molecular flexibility index (Phi) is 4.12. The molecule has 0 unspecified atom stereocenters. The topological polar surface area (TPSA) is 103 Å². The molecular weight excluding hydrogens is 298 g/mol. The zero-order chi connectivity index (χ0) is 14.8. The molecule has 2 aromatic rings. The molecule has 9 heteroatoms. The SMILES string of the molecule is Cn1nccc1CNS(=O)(=O)c1cccnc1C(N)=S. The Morgan fingerprint density at radius 3 is 2.80 bits per heavy atom. The zero-order valence-corrected chi connectivity index (χ0v) is 12.3.